The Morgan fingerprint density at radius 2 is 2.26 bits per heavy atom. The number of nitrogens with zero attached hydrogens (tertiary/aromatic N) is 2. The molecule has 1 aliphatic rings. The fraction of sp³-hybridized carbons (Fsp3) is 0.462. The van der Waals surface area contributed by atoms with E-state index in [1.165, 1.54) is 23.2 Å². The first-order valence-electron chi connectivity index (χ1n) is 6.15. The number of halogens is 1. The van der Waals surface area contributed by atoms with E-state index in [0.29, 0.717) is 13.0 Å². The minimum atomic E-state index is -1.05. The molecule has 1 saturated heterocycles. The minimum absolute atomic E-state index is 0.177. The Labute approximate surface area is 110 Å². The van der Waals surface area contributed by atoms with E-state index in [-0.39, 0.29) is 11.5 Å². The Bertz CT molecular complexity index is 506. The molecule has 0 bridgehead atoms. The van der Waals surface area contributed by atoms with Gasteiger partial charge in [0.25, 0.3) is 5.91 Å². The van der Waals surface area contributed by atoms with E-state index in [1.807, 2.05) is 6.92 Å². The first-order valence-corrected chi connectivity index (χ1v) is 6.15. The molecule has 0 aliphatic carbocycles. The molecule has 1 fully saturated rings. The summed E-state index contributed by atoms with van der Waals surface area (Å²) in [7, 11) is 0. The molecule has 0 aromatic carbocycles. The third-order valence-corrected chi connectivity index (χ3v) is 3.40. The Morgan fingerprint density at radius 1 is 1.53 bits per heavy atom. The van der Waals surface area contributed by atoms with Crippen molar-refractivity contribution >= 4 is 11.9 Å². The van der Waals surface area contributed by atoms with Crippen molar-refractivity contribution in [3.05, 3.63) is 29.8 Å². The number of likely N-dealkylation sites (tertiary alicyclic amines) is 1. The Kier molecular flexibility index (Phi) is 3.78. The molecule has 1 aliphatic heterocycles. The average Bonchev–Trinajstić information content (AvgIpc) is 2.38. The molecule has 1 aromatic rings. The number of piperidine rings is 1. The number of aromatic nitrogens is 1. The van der Waals surface area contributed by atoms with Gasteiger partial charge in [-0.25, -0.2) is 9.78 Å². The van der Waals surface area contributed by atoms with E-state index in [4.69, 9.17) is 0 Å². The van der Waals surface area contributed by atoms with Crippen molar-refractivity contribution in [2.75, 3.05) is 6.54 Å². The smallest absolute Gasteiger partial charge is 0.326 e. The second-order valence-corrected chi connectivity index (χ2v) is 4.82. The molecule has 2 rings (SSSR count). The maximum atomic E-state index is 13.5. The van der Waals surface area contributed by atoms with Crippen molar-refractivity contribution in [2.45, 2.75) is 25.8 Å². The zero-order chi connectivity index (χ0) is 14.0. The summed E-state index contributed by atoms with van der Waals surface area (Å²) in [5.41, 5.74) is -0.177. The summed E-state index contributed by atoms with van der Waals surface area (Å²) < 4.78 is 13.5. The molecule has 2 heterocycles. The van der Waals surface area contributed by atoms with Gasteiger partial charge in [0.1, 0.15) is 6.04 Å². The summed E-state index contributed by atoms with van der Waals surface area (Å²) in [4.78, 5) is 28.1. The van der Waals surface area contributed by atoms with E-state index in [2.05, 4.69) is 4.98 Å². The quantitative estimate of drug-likeness (QED) is 0.824. The third-order valence-electron chi connectivity index (χ3n) is 3.40. The van der Waals surface area contributed by atoms with Gasteiger partial charge in [0.15, 0.2) is 0 Å². The molecule has 5 nitrogen and oxygen atoms in total. The van der Waals surface area contributed by atoms with Crippen LogP contribution in [0, 0.1) is 11.9 Å². The molecule has 102 valence electrons. The fourth-order valence-corrected chi connectivity index (χ4v) is 2.32. The first kappa shape index (κ1) is 13.5. The number of amides is 1. The number of carbonyl (C=O) groups excluding carboxylic acids is 1. The van der Waals surface area contributed by atoms with Crippen LogP contribution >= 0.6 is 0 Å². The lowest BCUT2D eigenvalue weighted by Crippen LogP contribution is -2.50. The van der Waals surface area contributed by atoms with Crippen LogP contribution in [-0.2, 0) is 4.79 Å². The van der Waals surface area contributed by atoms with Crippen LogP contribution in [0.2, 0.25) is 0 Å². The molecule has 0 saturated carbocycles. The van der Waals surface area contributed by atoms with Gasteiger partial charge in [0.2, 0.25) is 5.95 Å². The largest absolute Gasteiger partial charge is 0.480 e. The molecule has 6 heteroatoms. The fourth-order valence-electron chi connectivity index (χ4n) is 2.32. The van der Waals surface area contributed by atoms with Gasteiger partial charge in [-0.3, -0.25) is 4.79 Å². The van der Waals surface area contributed by atoms with Crippen molar-refractivity contribution in [1.82, 2.24) is 9.88 Å². The van der Waals surface area contributed by atoms with Crippen LogP contribution in [0.3, 0.4) is 0 Å². The van der Waals surface area contributed by atoms with Crippen LogP contribution in [0.5, 0.6) is 0 Å². The van der Waals surface area contributed by atoms with E-state index in [9.17, 15) is 19.1 Å². The highest BCUT2D eigenvalue weighted by atomic mass is 19.1. The topological polar surface area (TPSA) is 70.5 Å². The van der Waals surface area contributed by atoms with Crippen molar-refractivity contribution < 1.29 is 19.1 Å². The zero-order valence-electron chi connectivity index (χ0n) is 10.5. The summed E-state index contributed by atoms with van der Waals surface area (Å²) in [5.74, 6) is -2.28. The highest BCUT2D eigenvalue weighted by Crippen LogP contribution is 2.24. The maximum Gasteiger partial charge on any atom is 0.326 e. The number of hydrogen-bond acceptors (Lipinski definition) is 3. The molecule has 0 radical (unpaired) electrons. The van der Waals surface area contributed by atoms with Crippen LogP contribution in [0.15, 0.2) is 18.3 Å². The molecule has 19 heavy (non-hydrogen) atoms. The molecule has 2 atom stereocenters. The summed E-state index contributed by atoms with van der Waals surface area (Å²) in [6.45, 7) is 2.27. The summed E-state index contributed by atoms with van der Waals surface area (Å²) in [5, 5.41) is 9.19. The highest BCUT2D eigenvalue weighted by Gasteiger charge is 2.35. The molecule has 1 N–H and O–H groups in total. The maximum absolute atomic E-state index is 13.5. The van der Waals surface area contributed by atoms with Gasteiger partial charge in [0.05, 0.1) is 5.56 Å². The lowest BCUT2D eigenvalue weighted by molar-refractivity contribution is -0.144. The summed E-state index contributed by atoms with van der Waals surface area (Å²) >= 11 is 0. The second-order valence-electron chi connectivity index (χ2n) is 4.82. The van der Waals surface area contributed by atoms with Gasteiger partial charge in [0, 0.05) is 12.7 Å². The molecule has 1 amide bonds. The predicted octanol–water partition coefficient (Wildman–Crippen LogP) is 1.55. The number of pyridine rings is 1. The Morgan fingerprint density at radius 3 is 2.89 bits per heavy atom. The predicted molar refractivity (Wildman–Crippen MR) is 65.1 cm³/mol. The third kappa shape index (κ3) is 2.72. The van der Waals surface area contributed by atoms with Gasteiger partial charge in [-0.05, 0) is 30.9 Å². The van der Waals surface area contributed by atoms with Gasteiger partial charge < -0.3 is 10.0 Å². The minimum Gasteiger partial charge on any atom is -0.480 e. The molecular formula is C13H15FN2O3. The first-order chi connectivity index (χ1) is 9.00. The summed E-state index contributed by atoms with van der Waals surface area (Å²) in [6.07, 6.45) is 2.36. The second kappa shape index (κ2) is 5.34. The van der Waals surface area contributed by atoms with Gasteiger partial charge in [-0.15, -0.1) is 0 Å². The molecule has 1 aromatic heterocycles. The van der Waals surface area contributed by atoms with Crippen molar-refractivity contribution in [3.8, 4) is 0 Å². The van der Waals surface area contributed by atoms with Crippen LogP contribution in [0.1, 0.15) is 30.1 Å². The zero-order valence-corrected chi connectivity index (χ0v) is 10.5. The van der Waals surface area contributed by atoms with Crippen LogP contribution in [-0.4, -0.2) is 39.5 Å². The number of hydrogen-bond donors (Lipinski definition) is 1. The van der Waals surface area contributed by atoms with Crippen LogP contribution in [0.25, 0.3) is 0 Å². The van der Waals surface area contributed by atoms with Crippen LogP contribution in [0.4, 0.5) is 4.39 Å². The Balaban J connectivity index is 2.27. The van der Waals surface area contributed by atoms with Gasteiger partial charge in [-0.1, -0.05) is 6.92 Å². The van der Waals surface area contributed by atoms with Crippen molar-refractivity contribution in [2.24, 2.45) is 5.92 Å². The molecular weight excluding hydrogens is 251 g/mol. The lowest BCUT2D eigenvalue weighted by atomic mass is 9.92. The SMILES string of the molecule is CC1CCN(C(=O)c2cccnc2F)C(C(=O)O)C1. The van der Waals surface area contributed by atoms with E-state index in [1.54, 1.807) is 0 Å². The number of rotatable bonds is 2. The van der Waals surface area contributed by atoms with Gasteiger partial charge in [-0.2, -0.15) is 4.39 Å². The number of aliphatic carboxylic acids is 1. The van der Waals surface area contributed by atoms with Crippen molar-refractivity contribution in [3.63, 3.8) is 0 Å². The van der Waals surface area contributed by atoms with E-state index < -0.39 is 23.9 Å². The molecule has 0 spiro atoms. The average molecular weight is 266 g/mol. The monoisotopic (exact) mass is 266 g/mol. The summed E-state index contributed by atoms with van der Waals surface area (Å²) in [6, 6.07) is 1.89. The highest BCUT2D eigenvalue weighted by molar-refractivity contribution is 5.96. The standard InChI is InChI=1S/C13H15FN2O3/c1-8-4-6-16(10(7-8)13(18)19)12(17)9-3-2-5-15-11(9)14/h2-3,5,8,10H,4,6-7H2,1H3,(H,18,19). The van der Waals surface area contributed by atoms with Gasteiger partial charge >= 0.3 is 5.97 Å². The Hall–Kier alpha value is -1.98. The van der Waals surface area contributed by atoms with E-state index in [0.717, 1.165) is 6.42 Å². The normalized spacial score (nSPS) is 23.2. The number of carbonyl (C=O) groups is 2. The van der Waals surface area contributed by atoms with E-state index >= 15 is 0 Å². The van der Waals surface area contributed by atoms with Crippen LogP contribution < -0.4 is 0 Å². The molecule has 2 unspecified atom stereocenters. The number of carboxylic acids is 1. The number of carboxylic acid groups (broad SMARTS) is 1. The lowest BCUT2D eigenvalue weighted by Gasteiger charge is -2.35. The van der Waals surface area contributed by atoms with Crippen molar-refractivity contribution in [1.29, 1.82) is 0 Å².